The Morgan fingerprint density at radius 3 is 2.41 bits per heavy atom. The molecule has 0 spiro atoms. The lowest BCUT2D eigenvalue weighted by molar-refractivity contribution is -0.140. The van der Waals surface area contributed by atoms with E-state index < -0.39 is 30.2 Å². The molecule has 0 heterocycles. The molecule has 1 aromatic carbocycles. The van der Waals surface area contributed by atoms with Gasteiger partial charge in [0, 0.05) is 0 Å². The molecule has 3 nitrogen and oxygen atoms in total. The molecule has 0 radical (unpaired) electrons. The van der Waals surface area contributed by atoms with Crippen molar-refractivity contribution in [1.82, 2.24) is 0 Å². The van der Waals surface area contributed by atoms with Crippen molar-refractivity contribution in [3.05, 3.63) is 34.9 Å². The van der Waals surface area contributed by atoms with Gasteiger partial charge in [-0.1, -0.05) is 6.07 Å². The lowest BCUT2D eigenvalue weighted by Crippen LogP contribution is -2.09. The van der Waals surface area contributed by atoms with Crippen LogP contribution in [0.25, 0.3) is 0 Å². The molecule has 17 heavy (non-hydrogen) atoms. The van der Waals surface area contributed by atoms with Gasteiger partial charge in [-0.15, -0.1) is 0 Å². The van der Waals surface area contributed by atoms with E-state index in [-0.39, 0.29) is 11.1 Å². The van der Waals surface area contributed by atoms with E-state index in [9.17, 15) is 23.1 Å². The number of hydrogen-bond donors (Lipinski definition) is 2. The molecule has 1 atom stereocenters. The van der Waals surface area contributed by atoms with Crippen LogP contribution in [0.15, 0.2) is 18.2 Å². The third-order valence-corrected chi connectivity index (χ3v) is 2.32. The Bertz CT molecular complexity index is 426. The maximum absolute atomic E-state index is 12.4. The molecule has 0 amide bonds. The first kappa shape index (κ1) is 13.5. The van der Waals surface area contributed by atoms with E-state index in [0.717, 1.165) is 18.2 Å². The molecular formula is C11H11F3O3. The van der Waals surface area contributed by atoms with Crippen LogP contribution < -0.4 is 0 Å². The van der Waals surface area contributed by atoms with E-state index in [1.807, 2.05) is 0 Å². The number of rotatable bonds is 3. The average Bonchev–Trinajstić information content (AvgIpc) is 2.14. The first-order valence-corrected chi connectivity index (χ1v) is 4.79. The molecule has 0 aromatic heterocycles. The molecule has 0 aliphatic rings. The van der Waals surface area contributed by atoms with Crippen LogP contribution in [0.5, 0.6) is 0 Å². The number of aliphatic hydroxyl groups excluding tert-OH is 1. The Morgan fingerprint density at radius 1 is 1.41 bits per heavy atom. The number of benzene rings is 1. The number of aryl methyl sites for hydroxylation is 1. The number of carboxylic acids is 1. The van der Waals surface area contributed by atoms with Crippen molar-refractivity contribution in [1.29, 1.82) is 0 Å². The Morgan fingerprint density at radius 2 is 2.00 bits per heavy atom. The van der Waals surface area contributed by atoms with E-state index in [4.69, 9.17) is 5.11 Å². The molecule has 2 N–H and O–H groups in total. The summed E-state index contributed by atoms with van der Waals surface area (Å²) in [5.41, 5.74) is -0.407. The van der Waals surface area contributed by atoms with Gasteiger partial charge in [0.1, 0.15) is 0 Å². The minimum Gasteiger partial charge on any atom is -0.481 e. The molecule has 0 aliphatic carbocycles. The van der Waals surface area contributed by atoms with Crippen molar-refractivity contribution < 1.29 is 28.2 Å². The summed E-state index contributed by atoms with van der Waals surface area (Å²) in [5.74, 6) is -1.21. The molecule has 1 rings (SSSR count). The fourth-order valence-corrected chi connectivity index (χ4v) is 1.50. The van der Waals surface area contributed by atoms with Gasteiger partial charge in [-0.25, -0.2) is 0 Å². The summed E-state index contributed by atoms with van der Waals surface area (Å²) >= 11 is 0. The highest BCUT2D eigenvalue weighted by Crippen LogP contribution is 2.32. The van der Waals surface area contributed by atoms with Gasteiger partial charge in [-0.3, -0.25) is 4.79 Å². The van der Waals surface area contributed by atoms with Gasteiger partial charge in [-0.2, -0.15) is 13.2 Å². The molecule has 6 heteroatoms. The number of carbonyl (C=O) groups is 1. The second-order valence-electron chi connectivity index (χ2n) is 3.68. The van der Waals surface area contributed by atoms with Crippen LogP contribution >= 0.6 is 0 Å². The van der Waals surface area contributed by atoms with Crippen LogP contribution in [0.2, 0.25) is 0 Å². The summed E-state index contributed by atoms with van der Waals surface area (Å²) in [5, 5.41) is 18.0. The minimum absolute atomic E-state index is 0.195. The summed E-state index contributed by atoms with van der Waals surface area (Å²) in [6.45, 7) is 1.40. The van der Waals surface area contributed by atoms with Gasteiger partial charge >= 0.3 is 12.1 Å². The second kappa shape index (κ2) is 4.75. The van der Waals surface area contributed by atoms with Gasteiger partial charge in [-0.05, 0) is 30.2 Å². The van der Waals surface area contributed by atoms with E-state index in [1.54, 1.807) is 0 Å². The van der Waals surface area contributed by atoms with Crippen LogP contribution in [0.4, 0.5) is 13.2 Å². The number of aliphatic hydroxyl groups is 1. The molecule has 0 saturated heterocycles. The van der Waals surface area contributed by atoms with E-state index >= 15 is 0 Å². The summed E-state index contributed by atoms with van der Waals surface area (Å²) < 4.78 is 37.1. The second-order valence-corrected chi connectivity index (χ2v) is 3.68. The normalized spacial score (nSPS) is 13.5. The predicted octanol–water partition coefficient (Wildman–Crippen LogP) is 2.52. The van der Waals surface area contributed by atoms with Crippen molar-refractivity contribution in [3.8, 4) is 0 Å². The number of carboxylic acid groups (broad SMARTS) is 1. The van der Waals surface area contributed by atoms with Gasteiger partial charge in [0.15, 0.2) is 0 Å². The largest absolute Gasteiger partial charge is 0.481 e. The van der Waals surface area contributed by atoms with Crippen molar-refractivity contribution in [3.63, 3.8) is 0 Å². The van der Waals surface area contributed by atoms with Crippen LogP contribution in [0.3, 0.4) is 0 Å². The zero-order chi connectivity index (χ0) is 13.2. The first-order valence-electron chi connectivity index (χ1n) is 4.79. The first-order chi connectivity index (χ1) is 7.71. The van der Waals surface area contributed by atoms with Gasteiger partial charge < -0.3 is 10.2 Å². The number of halogens is 3. The third kappa shape index (κ3) is 3.45. The lowest BCUT2D eigenvalue weighted by Gasteiger charge is -2.14. The van der Waals surface area contributed by atoms with Crippen LogP contribution in [-0.4, -0.2) is 16.2 Å². The Hall–Kier alpha value is -1.56. The Kier molecular flexibility index (Phi) is 3.77. The standard InChI is InChI=1S/C11H11F3O3/c1-6-4-7(11(12,13)14)2-3-8(6)9(15)5-10(16)17/h2-4,9,15H,5H2,1H3,(H,16,17). The Balaban J connectivity index is 3.02. The van der Waals surface area contributed by atoms with Crippen molar-refractivity contribution >= 4 is 5.97 Å². The highest BCUT2D eigenvalue weighted by molar-refractivity contribution is 5.67. The highest BCUT2D eigenvalue weighted by Gasteiger charge is 2.31. The summed E-state index contributed by atoms with van der Waals surface area (Å²) in [6.07, 6.45) is -6.28. The smallest absolute Gasteiger partial charge is 0.416 e. The zero-order valence-corrected chi connectivity index (χ0v) is 8.95. The third-order valence-electron chi connectivity index (χ3n) is 2.32. The topological polar surface area (TPSA) is 57.5 Å². The minimum atomic E-state index is -4.44. The van der Waals surface area contributed by atoms with Crippen LogP contribution in [0.1, 0.15) is 29.2 Å². The number of alkyl halides is 3. The molecule has 94 valence electrons. The maximum Gasteiger partial charge on any atom is 0.416 e. The average molecular weight is 248 g/mol. The molecule has 0 aliphatic heterocycles. The SMILES string of the molecule is Cc1cc(C(F)(F)F)ccc1C(O)CC(=O)O. The van der Waals surface area contributed by atoms with Crippen LogP contribution in [0, 0.1) is 6.92 Å². The van der Waals surface area contributed by atoms with Gasteiger partial charge in [0.05, 0.1) is 18.1 Å². The quantitative estimate of drug-likeness (QED) is 0.864. The zero-order valence-electron chi connectivity index (χ0n) is 8.95. The van der Waals surface area contributed by atoms with E-state index in [0.29, 0.717) is 0 Å². The van der Waals surface area contributed by atoms with Crippen molar-refractivity contribution in [2.24, 2.45) is 0 Å². The molecule has 0 bridgehead atoms. The predicted molar refractivity (Wildman–Crippen MR) is 53.4 cm³/mol. The number of hydrogen-bond acceptors (Lipinski definition) is 2. The molecular weight excluding hydrogens is 237 g/mol. The van der Waals surface area contributed by atoms with E-state index in [1.165, 1.54) is 6.92 Å². The van der Waals surface area contributed by atoms with Crippen molar-refractivity contribution in [2.75, 3.05) is 0 Å². The maximum atomic E-state index is 12.4. The van der Waals surface area contributed by atoms with Crippen molar-refractivity contribution in [2.45, 2.75) is 25.6 Å². The number of aliphatic carboxylic acids is 1. The Labute approximate surface area is 95.5 Å². The molecule has 0 fully saturated rings. The molecule has 1 unspecified atom stereocenters. The van der Waals surface area contributed by atoms with E-state index in [2.05, 4.69) is 0 Å². The van der Waals surface area contributed by atoms with Gasteiger partial charge in [0.2, 0.25) is 0 Å². The molecule has 1 aromatic rings. The lowest BCUT2D eigenvalue weighted by atomic mass is 9.99. The molecule has 0 saturated carbocycles. The van der Waals surface area contributed by atoms with Gasteiger partial charge in [0.25, 0.3) is 0 Å². The fraction of sp³-hybridized carbons (Fsp3) is 0.364. The summed E-state index contributed by atoms with van der Waals surface area (Å²) in [6, 6.07) is 2.82. The van der Waals surface area contributed by atoms with Crippen LogP contribution in [-0.2, 0) is 11.0 Å². The highest BCUT2D eigenvalue weighted by atomic mass is 19.4. The summed E-state index contributed by atoms with van der Waals surface area (Å²) in [7, 11) is 0. The fourth-order valence-electron chi connectivity index (χ4n) is 1.50. The monoisotopic (exact) mass is 248 g/mol. The summed E-state index contributed by atoms with van der Waals surface area (Å²) in [4.78, 5) is 10.4.